The summed E-state index contributed by atoms with van der Waals surface area (Å²) in [6, 6.07) is 10.5. The molecule has 2 fully saturated rings. The van der Waals surface area contributed by atoms with E-state index in [9.17, 15) is 14.7 Å². The van der Waals surface area contributed by atoms with Crippen LogP contribution in [0.1, 0.15) is 43.8 Å². The van der Waals surface area contributed by atoms with Gasteiger partial charge in [0.15, 0.2) is 0 Å². The summed E-state index contributed by atoms with van der Waals surface area (Å²) >= 11 is 0. The SMILES string of the molecule is CNC(=O)c1cc(C(=O)N[C@H]2[C@@H]3COC[C@@H]32)cc([C@@H](O)c2cccc(C)c2)n1. The van der Waals surface area contributed by atoms with E-state index in [0.29, 0.717) is 36.2 Å². The van der Waals surface area contributed by atoms with Gasteiger partial charge >= 0.3 is 0 Å². The molecule has 0 radical (unpaired) electrons. The largest absolute Gasteiger partial charge is 0.382 e. The summed E-state index contributed by atoms with van der Waals surface area (Å²) in [5, 5.41) is 16.3. The van der Waals surface area contributed by atoms with Crippen molar-refractivity contribution in [3.63, 3.8) is 0 Å². The number of carbonyl (C=O) groups excluding carboxylic acids is 2. The summed E-state index contributed by atoms with van der Waals surface area (Å²) in [6.45, 7) is 3.28. The fourth-order valence-corrected chi connectivity index (χ4v) is 3.77. The molecule has 146 valence electrons. The standard InChI is InChI=1S/C21H23N3O4/c1-11-4-3-5-12(6-11)19(25)16-7-13(8-17(23-16)21(27)22-2)20(26)24-18-14-9-28-10-15(14)18/h3-8,14-15,18-19,25H,9-10H2,1-2H3,(H,22,27)(H,24,26)/t14-,15+,18+,19-/m0/s1. The van der Waals surface area contributed by atoms with E-state index in [1.54, 1.807) is 12.1 Å². The Bertz CT molecular complexity index is 920. The normalized spacial score (nSPS) is 23.6. The summed E-state index contributed by atoms with van der Waals surface area (Å²) in [7, 11) is 1.50. The van der Waals surface area contributed by atoms with E-state index in [1.165, 1.54) is 13.1 Å². The minimum Gasteiger partial charge on any atom is -0.382 e. The first-order valence-corrected chi connectivity index (χ1v) is 9.35. The fraction of sp³-hybridized carbons (Fsp3) is 0.381. The molecule has 2 aliphatic rings. The predicted octanol–water partition coefficient (Wildman–Crippen LogP) is 1.21. The lowest BCUT2D eigenvalue weighted by atomic mass is 10.0. The number of ether oxygens (including phenoxy) is 1. The van der Waals surface area contributed by atoms with E-state index < -0.39 is 12.0 Å². The second-order valence-electron chi connectivity index (χ2n) is 7.43. The second-order valence-corrected chi connectivity index (χ2v) is 7.43. The third kappa shape index (κ3) is 3.50. The van der Waals surface area contributed by atoms with Crippen molar-refractivity contribution in [1.82, 2.24) is 15.6 Å². The minimum atomic E-state index is -1.04. The Morgan fingerprint density at radius 2 is 1.93 bits per heavy atom. The highest BCUT2D eigenvalue weighted by molar-refractivity contribution is 5.99. The number of hydrogen-bond acceptors (Lipinski definition) is 5. The summed E-state index contributed by atoms with van der Waals surface area (Å²) in [4.78, 5) is 29.2. The Kier molecular flexibility index (Phi) is 4.87. The number of aromatic nitrogens is 1. The monoisotopic (exact) mass is 381 g/mol. The number of benzene rings is 1. The van der Waals surface area contributed by atoms with Gasteiger partial charge in [0.1, 0.15) is 11.8 Å². The van der Waals surface area contributed by atoms with Gasteiger partial charge in [-0.25, -0.2) is 4.98 Å². The second kappa shape index (κ2) is 7.33. The lowest BCUT2D eigenvalue weighted by Crippen LogP contribution is -2.31. The van der Waals surface area contributed by atoms with Crippen molar-refractivity contribution < 1.29 is 19.4 Å². The maximum atomic E-state index is 12.8. The Labute approximate surface area is 163 Å². The molecule has 4 rings (SSSR count). The molecule has 1 aromatic heterocycles. The zero-order chi connectivity index (χ0) is 19.8. The summed E-state index contributed by atoms with van der Waals surface area (Å²) in [5.41, 5.74) is 2.31. The molecule has 7 nitrogen and oxygen atoms in total. The maximum Gasteiger partial charge on any atom is 0.269 e. The van der Waals surface area contributed by atoms with Crippen molar-refractivity contribution in [3.8, 4) is 0 Å². The first-order valence-electron chi connectivity index (χ1n) is 9.35. The van der Waals surface area contributed by atoms with E-state index in [2.05, 4.69) is 15.6 Å². The number of nitrogens with zero attached hydrogens (tertiary/aromatic N) is 1. The number of aliphatic hydroxyl groups is 1. The van der Waals surface area contributed by atoms with Crippen LogP contribution in [0, 0.1) is 18.8 Å². The molecule has 4 atom stereocenters. The third-order valence-corrected chi connectivity index (χ3v) is 5.46. The highest BCUT2D eigenvalue weighted by atomic mass is 16.5. The zero-order valence-electron chi connectivity index (χ0n) is 15.8. The molecule has 0 spiro atoms. The van der Waals surface area contributed by atoms with Crippen molar-refractivity contribution in [2.24, 2.45) is 11.8 Å². The van der Waals surface area contributed by atoms with Gasteiger partial charge in [0, 0.05) is 30.5 Å². The number of aliphatic hydroxyl groups excluding tert-OH is 1. The van der Waals surface area contributed by atoms with E-state index in [1.807, 2.05) is 25.1 Å². The van der Waals surface area contributed by atoms with E-state index in [4.69, 9.17) is 4.74 Å². The van der Waals surface area contributed by atoms with Gasteiger partial charge in [0.2, 0.25) is 0 Å². The predicted molar refractivity (Wildman–Crippen MR) is 102 cm³/mol. The smallest absolute Gasteiger partial charge is 0.269 e. The van der Waals surface area contributed by atoms with Gasteiger partial charge in [-0.1, -0.05) is 29.8 Å². The molecule has 2 aromatic rings. The first-order chi connectivity index (χ1) is 13.5. The topological polar surface area (TPSA) is 101 Å². The van der Waals surface area contributed by atoms with Crippen LogP contribution in [-0.4, -0.2) is 48.2 Å². The van der Waals surface area contributed by atoms with Gasteiger partial charge in [-0.05, 0) is 24.6 Å². The number of fused-ring (bicyclic) bond motifs is 1. The molecule has 1 saturated carbocycles. The van der Waals surface area contributed by atoms with Crippen LogP contribution in [0.4, 0.5) is 0 Å². The number of hydrogen-bond donors (Lipinski definition) is 3. The quantitative estimate of drug-likeness (QED) is 0.723. The van der Waals surface area contributed by atoms with E-state index >= 15 is 0 Å². The zero-order valence-corrected chi connectivity index (χ0v) is 15.8. The molecular formula is C21H23N3O4. The highest BCUT2D eigenvalue weighted by Crippen LogP contribution is 2.44. The molecule has 7 heteroatoms. The van der Waals surface area contributed by atoms with Gasteiger partial charge in [-0.2, -0.15) is 0 Å². The van der Waals surface area contributed by atoms with Crippen LogP contribution in [0.2, 0.25) is 0 Å². The molecular weight excluding hydrogens is 358 g/mol. The molecule has 0 unspecified atom stereocenters. The summed E-state index contributed by atoms with van der Waals surface area (Å²) in [6.07, 6.45) is -1.04. The van der Waals surface area contributed by atoms with Crippen molar-refractivity contribution in [3.05, 3.63) is 64.5 Å². The third-order valence-electron chi connectivity index (χ3n) is 5.46. The van der Waals surface area contributed by atoms with Crippen LogP contribution >= 0.6 is 0 Å². The molecule has 1 aliphatic heterocycles. The van der Waals surface area contributed by atoms with Crippen molar-refractivity contribution in [1.29, 1.82) is 0 Å². The molecule has 1 aromatic carbocycles. The molecule has 2 heterocycles. The fourth-order valence-electron chi connectivity index (χ4n) is 3.77. The number of nitrogens with one attached hydrogen (secondary N) is 2. The van der Waals surface area contributed by atoms with Gasteiger partial charge < -0.3 is 20.5 Å². The lowest BCUT2D eigenvalue weighted by molar-refractivity contribution is 0.0928. The molecule has 1 aliphatic carbocycles. The van der Waals surface area contributed by atoms with Crippen LogP contribution in [-0.2, 0) is 4.74 Å². The van der Waals surface area contributed by atoms with Crippen LogP contribution < -0.4 is 10.6 Å². The molecule has 0 bridgehead atoms. The molecule has 2 amide bonds. The molecule has 3 N–H and O–H groups in total. The van der Waals surface area contributed by atoms with Crippen LogP contribution in [0.5, 0.6) is 0 Å². The van der Waals surface area contributed by atoms with Crippen molar-refractivity contribution >= 4 is 11.8 Å². The van der Waals surface area contributed by atoms with Gasteiger partial charge in [0.25, 0.3) is 11.8 Å². The lowest BCUT2D eigenvalue weighted by Gasteiger charge is -2.15. The van der Waals surface area contributed by atoms with Crippen molar-refractivity contribution in [2.45, 2.75) is 19.1 Å². The molecule has 28 heavy (non-hydrogen) atoms. The van der Waals surface area contributed by atoms with E-state index in [-0.39, 0.29) is 23.3 Å². The Hall–Kier alpha value is -2.77. The Balaban J connectivity index is 1.63. The number of rotatable bonds is 5. The highest BCUT2D eigenvalue weighted by Gasteiger charge is 2.54. The Morgan fingerprint density at radius 3 is 2.61 bits per heavy atom. The molecule has 1 saturated heterocycles. The average molecular weight is 381 g/mol. The minimum absolute atomic E-state index is 0.0937. The van der Waals surface area contributed by atoms with Gasteiger partial charge in [0.05, 0.1) is 18.9 Å². The van der Waals surface area contributed by atoms with Crippen molar-refractivity contribution in [2.75, 3.05) is 20.3 Å². The van der Waals surface area contributed by atoms with Crippen LogP contribution in [0.25, 0.3) is 0 Å². The Morgan fingerprint density at radius 1 is 1.18 bits per heavy atom. The number of amides is 2. The summed E-state index contributed by atoms with van der Waals surface area (Å²) < 4.78 is 5.35. The summed E-state index contributed by atoms with van der Waals surface area (Å²) in [5.74, 6) is 0.0665. The van der Waals surface area contributed by atoms with Crippen LogP contribution in [0.3, 0.4) is 0 Å². The van der Waals surface area contributed by atoms with Crippen LogP contribution in [0.15, 0.2) is 36.4 Å². The maximum absolute atomic E-state index is 12.8. The average Bonchev–Trinajstić information content (AvgIpc) is 3.12. The number of carbonyl (C=O) groups is 2. The van der Waals surface area contributed by atoms with Gasteiger partial charge in [-0.3, -0.25) is 9.59 Å². The number of pyridine rings is 1. The number of aryl methyl sites for hydroxylation is 1. The first kappa shape index (κ1) is 18.6. The van der Waals surface area contributed by atoms with Gasteiger partial charge in [-0.15, -0.1) is 0 Å². The van der Waals surface area contributed by atoms with E-state index in [0.717, 1.165) is 5.56 Å².